The van der Waals surface area contributed by atoms with Gasteiger partial charge in [0.15, 0.2) is 0 Å². The molecule has 0 atom stereocenters. The molecule has 0 aromatic heterocycles. The van der Waals surface area contributed by atoms with E-state index in [1.807, 2.05) is 0 Å². The zero-order valence-electron chi connectivity index (χ0n) is 7.60. The summed E-state index contributed by atoms with van der Waals surface area (Å²) in [7, 11) is -3.93. The number of sulfonamides is 1. The first-order chi connectivity index (χ1) is 6.09. The lowest BCUT2D eigenvalue weighted by molar-refractivity contribution is -0.122. The fourth-order valence-electron chi connectivity index (χ4n) is 0.441. The zero-order chi connectivity index (χ0) is 11.6. The van der Waals surface area contributed by atoms with Gasteiger partial charge in [0.25, 0.3) is 0 Å². The molecule has 86 valence electrons. The van der Waals surface area contributed by atoms with Gasteiger partial charge in [-0.2, -0.15) is 8.78 Å². The van der Waals surface area contributed by atoms with E-state index in [-0.39, 0.29) is 0 Å². The zero-order valence-corrected chi connectivity index (χ0v) is 8.41. The molecule has 14 heavy (non-hydrogen) atoms. The van der Waals surface area contributed by atoms with E-state index < -0.39 is 34.2 Å². The molecule has 3 nitrogen and oxygen atoms in total. The smallest absolute Gasteiger partial charge is 0.212 e. The Morgan fingerprint density at radius 3 is 2.00 bits per heavy atom. The number of hydrogen-bond acceptors (Lipinski definition) is 2. The fourth-order valence-corrected chi connectivity index (χ4v) is 1.17. The van der Waals surface area contributed by atoms with Crippen molar-refractivity contribution in [3.05, 3.63) is 0 Å². The Kier molecular flexibility index (Phi) is 4.32. The Labute approximate surface area is 79.5 Å². The van der Waals surface area contributed by atoms with Gasteiger partial charge in [-0.3, -0.25) is 0 Å². The first kappa shape index (κ1) is 13.6. The Balaban J connectivity index is 4.34. The van der Waals surface area contributed by atoms with E-state index in [9.17, 15) is 26.0 Å². The van der Waals surface area contributed by atoms with Crippen LogP contribution >= 0.6 is 0 Å². The van der Waals surface area contributed by atoms with Crippen molar-refractivity contribution in [3.8, 4) is 0 Å². The highest BCUT2D eigenvalue weighted by atomic mass is 32.2. The van der Waals surface area contributed by atoms with Gasteiger partial charge >= 0.3 is 12.3 Å². The number of nitrogens with one attached hydrogen (secondary N) is 1. The van der Waals surface area contributed by atoms with Crippen LogP contribution in [0.4, 0.5) is 17.6 Å². The lowest BCUT2D eigenvalue weighted by Gasteiger charge is -2.16. The van der Waals surface area contributed by atoms with Gasteiger partial charge in [0, 0.05) is 0 Å². The molecule has 0 bridgehead atoms. The first-order valence-electron chi connectivity index (χ1n) is 3.74. The SMILES string of the molecule is CC(C)S(=O)(=O)NCC(F)(F)C(F)F. The quantitative estimate of drug-likeness (QED) is 0.731. The van der Waals surface area contributed by atoms with Crippen LogP contribution in [0.15, 0.2) is 0 Å². The molecule has 8 heteroatoms. The molecule has 0 saturated heterocycles. The van der Waals surface area contributed by atoms with Crippen molar-refractivity contribution in [1.82, 2.24) is 4.72 Å². The summed E-state index contributed by atoms with van der Waals surface area (Å²) in [5.74, 6) is -4.33. The van der Waals surface area contributed by atoms with Crippen LogP contribution in [-0.2, 0) is 10.0 Å². The van der Waals surface area contributed by atoms with Gasteiger partial charge in [0.05, 0.1) is 11.8 Å². The van der Waals surface area contributed by atoms with Crippen LogP contribution in [0, 0.1) is 0 Å². The van der Waals surface area contributed by atoms with Crippen LogP contribution in [0.2, 0.25) is 0 Å². The molecule has 0 fully saturated rings. The van der Waals surface area contributed by atoms with Gasteiger partial charge in [0.2, 0.25) is 10.0 Å². The Bertz CT molecular complexity index is 276. The minimum Gasteiger partial charge on any atom is -0.212 e. The monoisotopic (exact) mass is 237 g/mol. The Morgan fingerprint density at radius 2 is 1.71 bits per heavy atom. The van der Waals surface area contributed by atoms with Crippen LogP contribution in [0.3, 0.4) is 0 Å². The minimum atomic E-state index is -4.33. The fraction of sp³-hybridized carbons (Fsp3) is 1.00. The lowest BCUT2D eigenvalue weighted by atomic mass is 10.4. The highest BCUT2D eigenvalue weighted by Gasteiger charge is 2.41. The third kappa shape index (κ3) is 3.79. The molecule has 0 saturated carbocycles. The van der Waals surface area contributed by atoms with Gasteiger partial charge in [0.1, 0.15) is 0 Å². The summed E-state index contributed by atoms with van der Waals surface area (Å²) in [4.78, 5) is 0. The maximum Gasteiger partial charge on any atom is 0.320 e. The van der Waals surface area contributed by atoms with Gasteiger partial charge in [-0.25, -0.2) is 21.9 Å². The average molecular weight is 237 g/mol. The van der Waals surface area contributed by atoms with Crippen LogP contribution in [-0.4, -0.2) is 32.6 Å². The highest BCUT2D eigenvalue weighted by Crippen LogP contribution is 2.21. The van der Waals surface area contributed by atoms with E-state index in [4.69, 9.17) is 0 Å². The second kappa shape index (κ2) is 4.43. The average Bonchev–Trinajstić information content (AvgIpc) is 2.01. The Morgan fingerprint density at radius 1 is 1.29 bits per heavy atom. The summed E-state index contributed by atoms with van der Waals surface area (Å²) in [5, 5.41) is -0.934. The lowest BCUT2D eigenvalue weighted by Crippen LogP contribution is -2.43. The maximum absolute atomic E-state index is 12.3. The molecule has 0 aromatic rings. The van der Waals surface area contributed by atoms with Crippen LogP contribution in [0.1, 0.15) is 13.8 Å². The molecule has 1 N–H and O–H groups in total. The minimum absolute atomic E-state index is 0.934. The highest BCUT2D eigenvalue weighted by molar-refractivity contribution is 7.90. The summed E-state index contributed by atoms with van der Waals surface area (Å²) < 4.78 is 71.0. The van der Waals surface area contributed by atoms with Crippen molar-refractivity contribution in [2.45, 2.75) is 31.4 Å². The molecule has 0 aliphatic carbocycles. The topological polar surface area (TPSA) is 46.2 Å². The largest absolute Gasteiger partial charge is 0.320 e. The third-order valence-electron chi connectivity index (χ3n) is 1.45. The molecule has 0 amide bonds. The van der Waals surface area contributed by atoms with Crippen molar-refractivity contribution in [1.29, 1.82) is 0 Å². The molecule has 0 aliphatic heterocycles. The first-order valence-corrected chi connectivity index (χ1v) is 5.28. The van der Waals surface area contributed by atoms with E-state index in [0.29, 0.717) is 0 Å². The molecule has 0 rings (SSSR count). The predicted molar refractivity (Wildman–Crippen MR) is 43.0 cm³/mol. The summed E-state index contributed by atoms with van der Waals surface area (Å²) in [5.41, 5.74) is 0. The van der Waals surface area contributed by atoms with Crippen molar-refractivity contribution in [3.63, 3.8) is 0 Å². The standard InChI is InChI=1S/C6H11F4NO2S/c1-4(2)14(12,13)11-3-6(9,10)5(7)8/h4-5,11H,3H2,1-2H3. The number of rotatable bonds is 5. The second-order valence-corrected chi connectivity index (χ2v) is 5.30. The Hall–Kier alpha value is -0.370. The van der Waals surface area contributed by atoms with E-state index >= 15 is 0 Å². The third-order valence-corrected chi connectivity index (χ3v) is 3.24. The molecular weight excluding hydrogens is 226 g/mol. The summed E-state index contributed by atoms with van der Waals surface area (Å²) in [6.07, 6.45) is -3.88. The molecule has 0 radical (unpaired) electrons. The molecule has 0 aliphatic rings. The van der Waals surface area contributed by atoms with Crippen molar-refractivity contribution >= 4 is 10.0 Å². The number of hydrogen-bond donors (Lipinski definition) is 1. The number of halogens is 4. The van der Waals surface area contributed by atoms with Crippen LogP contribution in [0.25, 0.3) is 0 Å². The molecule has 0 heterocycles. The molecule has 0 spiro atoms. The van der Waals surface area contributed by atoms with E-state index in [2.05, 4.69) is 0 Å². The van der Waals surface area contributed by atoms with Gasteiger partial charge in [-0.15, -0.1) is 0 Å². The maximum atomic E-state index is 12.3. The summed E-state index contributed by atoms with van der Waals surface area (Å²) >= 11 is 0. The van der Waals surface area contributed by atoms with Crippen molar-refractivity contribution in [2.75, 3.05) is 6.54 Å². The van der Waals surface area contributed by atoms with Crippen LogP contribution in [0.5, 0.6) is 0 Å². The van der Waals surface area contributed by atoms with Crippen LogP contribution < -0.4 is 4.72 Å². The number of alkyl halides is 4. The van der Waals surface area contributed by atoms with Crippen molar-refractivity contribution in [2.24, 2.45) is 0 Å². The second-order valence-electron chi connectivity index (χ2n) is 2.98. The van der Waals surface area contributed by atoms with Crippen molar-refractivity contribution < 1.29 is 26.0 Å². The summed E-state index contributed by atoms with van der Waals surface area (Å²) in [6.45, 7) is 0.927. The summed E-state index contributed by atoms with van der Waals surface area (Å²) in [6, 6.07) is 0. The molecular formula is C6H11F4NO2S. The molecule has 0 unspecified atom stereocenters. The van der Waals surface area contributed by atoms with E-state index in [0.717, 1.165) is 0 Å². The normalized spacial score (nSPS) is 14.0. The van der Waals surface area contributed by atoms with Gasteiger partial charge < -0.3 is 0 Å². The van der Waals surface area contributed by atoms with E-state index in [1.165, 1.54) is 18.6 Å². The molecule has 0 aromatic carbocycles. The van der Waals surface area contributed by atoms with E-state index in [1.54, 1.807) is 0 Å². The van der Waals surface area contributed by atoms with Gasteiger partial charge in [-0.05, 0) is 13.8 Å². The van der Waals surface area contributed by atoms with Gasteiger partial charge in [-0.1, -0.05) is 0 Å². The predicted octanol–water partition coefficient (Wildman–Crippen LogP) is 1.21.